The Kier molecular flexibility index (Phi) is 2.45. The highest BCUT2D eigenvalue weighted by Crippen LogP contribution is 2.05. The quantitative estimate of drug-likeness (QED) is 0.515. The van der Waals surface area contributed by atoms with E-state index in [0.29, 0.717) is 6.04 Å². The molecule has 0 aromatic rings. The van der Waals surface area contributed by atoms with Crippen LogP contribution in [-0.4, -0.2) is 42.9 Å². The minimum absolute atomic E-state index is 0.207. The maximum Gasteiger partial charge on any atom is 0.0957 e. The molecule has 1 rings (SSSR count). The van der Waals surface area contributed by atoms with Crippen LogP contribution in [-0.2, 0) is 0 Å². The molecule has 0 aromatic carbocycles. The van der Waals surface area contributed by atoms with Crippen LogP contribution in [0.15, 0.2) is 0 Å². The molecule has 0 amide bonds. The number of likely N-dealkylation sites (tertiary alicyclic amines) is 1. The Labute approximate surface area is 55.7 Å². The van der Waals surface area contributed by atoms with Crippen LogP contribution in [0.5, 0.6) is 0 Å². The fraction of sp³-hybridized carbons (Fsp3) is 1.00. The van der Waals surface area contributed by atoms with E-state index in [1.54, 1.807) is 0 Å². The number of nitrogens with zero attached hydrogens (tertiary/aromatic N) is 1. The van der Waals surface area contributed by atoms with Gasteiger partial charge in [0, 0.05) is 19.1 Å². The van der Waals surface area contributed by atoms with E-state index in [0.717, 1.165) is 19.5 Å². The first-order valence-electron chi connectivity index (χ1n) is 3.37. The second kappa shape index (κ2) is 3.15. The lowest BCUT2D eigenvalue weighted by Crippen LogP contribution is -2.29. The first kappa shape index (κ1) is 6.99. The van der Waals surface area contributed by atoms with Crippen molar-refractivity contribution in [1.82, 2.24) is 10.2 Å². The summed E-state index contributed by atoms with van der Waals surface area (Å²) in [7, 11) is 1.96. The average molecular weight is 130 g/mol. The topological polar surface area (TPSA) is 35.5 Å². The van der Waals surface area contributed by atoms with Crippen LogP contribution in [0.25, 0.3) is 0 Å². The molecular formula is C6H14N2O. The minimum atomic E-state index is 0.207. The van der Waals surface area contributed by atoms with Gasteiger partial charge >= 0.3 is 0 Å². The first-order valence-corrected chi connectivity index (χ1v) is 3.37. The molecule has 54 valence electrons. The van der Waals surface area contributed by atoms with Gasteiger partial charge in [0.2, 0.25) is 0 Å². The van der Waals surface area contributed by atoms with Crippen molar-refractivity contribution in [2.75, 3.05) is 26.9 Å². The molecule has 0 bridgehead atoms. The number of aliphatic hydroxyl groups excluding tert-OH is 1. The zero-order valence-electron chi connectivity index (χ0n) is 5.80. The van der Waals surface area contributed by atoms with E-state index in [-0.39, 0.29) is 6.73 Å². The summed E-state index contributed by atoms with van der Waals surface area (Å²) in [4.78, 5) is 2.03. The van der Waals surface area contributed by atoms with Crippen LogP contribution in [0.1, 0.15) is 6.42 Å². The average Bonchev–Trinajstić information content (AvgIpc) is 2.34. The summed E-state index contributed by atoms with van der Waals surface area (Å²) in [5.41, 5.74) is 0. The smallest absolute Gasteiger partial charge is 0.0957 e. The Morgan fingerprint density at radius 2 is 2.56 bits per heavy atom. The molecule has 0 radical (unpaired) electrons. The van der Waals surface area contributed by atoms with Gasteiger partial charge in [0.05, 0.1) is 6.73 Å². The first-order chi connectivity index (χ1) is 4.36. The van der Waals surface area contributed by atoms with Crippen LogP contribution in [0.4, 0.5) is 0 Å². The zero-order chi connectivity index (χ0) is 6.69. The van der Waals surface area contributed by atoms with Gasteiger partial charge in [-0.2, -0.15) is 0 Å². The van der Waals surface area contributed by atoms with Crippen molar-refractivity contribution in [2.24, 2.45) is 0 Å². The van der Waals surface area contributed by atoms with E-state index in [4.69, 9.17) is 5.11 Å². The third-order valence-corrected chi connectivity index (χ3v) is 1.88. The second-order valence-electron chi connectivity index (χ2n) is 2.49. The Bertz CT molecular complexity index is 77.1. The number of hydrogen-bond acceptors (Lipinski definition) is 3. The van der Waals surface area contributed by atoms with Gasteiger partial charge in [-0.05, 0) is 13.5 Å². The molecule has 9 heavy (non-hydrogen) atoms. The molecule has 3 nitrogen and oxygen atoms in total. The Balaban J connectivity index is 2.20. The maximum atomic E-state index is 8.68. The predicted molar refractivity (Wildman–Crippen MR) is 36.1 cm³/mol. The summed E-state index contributed by atoms with van der Waals surface area (Å²) < 4.78 is 0. The van der Waals surface area contributed by atoms with Crippen molar-refractivity contribution < 1.29 is 5.11 Å². The van der Waals surface area contributed by atoms with Crippen LogP contribution < -0.4 is 5.32 Å². The molecule has 0 spiro atoms. The van der Waals surface area contributed by atoms with E-state index in [9.17, 15) is 0 Å². The van der Waals surface area contributed by atoms with Gasteiger partial charge in [-0.15, -0.1) is 0 Å². The second-order valence-corrected chi connectivity index (χ2v) is 2.49. The predicted octanol–water partition coefficient (Wildman–Crippen LogP) is -0.770. The minimum Gasteiger partial charge on any atom is -0.381 e. The van der Waals surface area contributed by atoms with Gasteiger partial charge in [0.15, 0.2) is 0 Å². The number of likely N-dealkylation sites (N-methyl/N-ethyl adjacent to an activating group) is 1. The molecule has 1 atom stereocenters. The summed E-state index contributed by atoms with van der Waals surface area (Å²) in [6.45, 7) is 2.23. The molecule has 0 aliphatic carbocycles. The molecule has 1 aliphatic rings. The summed E-state index contributed by atoms with van der Waals surface area (Å²) >= 11 is 0. The lowest BCUT2D eigenvalue weighted by atomic mass is 10.3. The highest BCUT2D eigenvalue weighted by atomic mass is 16.3. The molecule has 1 unspecified atom stereocenters. The summed E-state index contributed by atoms with van der Waals surface area (Å²) in [5, 5.41) is 11.9. The fourth-order valence-electron chi connectivity index (χ4n) is 1.20. The van der Waals surface area contributed by atoms with Crippen molar-refractivity contribution >= 4 is 0 Å². The van der Waals surface area contributed by atoms with E-state index in [1.807, 2.05) is 11.9 Å². The largest absolute Gasteiger partial charge is 0.381 e. The van der Waals surface area contributed by atoms with E-state index < -0.39 is 0 Å². The van der Waals surface area contributed by atoms with E-state index >= 15 is 0 Å². The summed E-state index contributed by atoms with van der Waals surface area (Å²) in [6, 6.07) is 0.595. The van der Waals surface area contributed by atoms with Gasteiger partial charge in [-0.1, -0.05) is 0 Å². The Morgan fingerprint density at radius 3 is 2.89 bits per heavy atom. The molecule has 1 heterocycles. The lowest BCUT2D eigenvalue weighted by Gasteiger charge is -2.10. The SMILES string of the molecule is CNC1CCN(CO)C1. The Morgan fingerprint density at radius 1 is 1.78 bits per heavy atom. The monoisotopic (exact) mass is 130 g/mol. The van der Waals surface area contributed by atoms with Crippen molar-refractivity contribution in [1.29, 1.82) is 0 Å². The van der Waals surface area contributed by atoms with Crippen LogP contribution >= 0.6 is 0 Å². The van der Waals surface area contributed by atoms with Gasteiger partial charge in [0.1, 0.15) is 0 Å². The molecule has 1 saturated heterocycles. The third-order valence-electron chi connectivity index (χ3n) is 1.88. The van der Waals surface area contributed by atoms with Crippen LogP contribution in [0.3, 0.4) is 0 Å². The highest BCUT2D eigenvalue weighted by molar-refractivity contribution is 4.77. The maximum absolute atomic E-state index is 8.68. The molecule has 0 saturated carbocycles. The number of nitrogens with one attached hydrogen (secondary N) is 1. The zero-order valence-corrected chi connectivity index (χ0v) is 5.80. The number of hydrogen-bond donors (Lipinski definition) is 2. The van der Waals surface area contributed by atoms with Crippen LogP contribution in [0.2, 0.25) is 0 Å². The van der Waals surface area contributed by atoms with Gasteiger partial charge < -0.3 is 10.4 Å². The van der Waals surface area contributed by atoms with E-state index in [1.165, 1.54) is 0 Å². The van der Waals surface area contributed by atoms with Gasteiger partial charge in [-0.3, -0.25) is 4.90 Å². The van der Waals surface area contributed by atoms with Gasteiger partial charge in [0.25, 0.3) is 0 Å². The van der Waals surface area contributed by atoms with Crippen molar-refractivity contribution in [3.8, 4) is 0 Å². The third kappa shape index (κ3) is 1.64. The van der Waals surface area contributed by atoms with Crippen LogP contribution in [0, 0.1) is 0 Å². The van der Waals surface area contributed by atoms with E-state index in [2.05, 4.69) is 5.32 Å². The number of aliphatic hydroxyl groups is 1. The molecular weight excluding hydrogens is 116 g/mol. The fourth-order valence-corrected chi connectivity index (χ4v) is 1.20. The molecule has 1 fully saturated rings. The summed E-state index contributed by atoms with van der Waals surface area (Å²) in [6.07, 6.45) is 1.16. The lowest BCUT2D eigenvalue weighted by molar-refractivity contribution is 0.129. The molecule has 0 aromatic heterocycles. The van der Waals surface area contributed by atoms with Crippen molar-refractivity contribution in [2.45, 2.75) is 12.5 Å². The molecule has 2 N–H and O–H groups in total. The van der Waals surface area contributed by atoms with Crippen molar-refractivity contribution in [3.63, 3.8) is 0 Å². The Hall–Kier alpha value is -0.120. The normalized spacial score (nSPS) is 29.3. The standard InChI is InChI=1S/C6H14N2O/c1-7-6-2-3-8(4-6)5-9/h6-7,9H,2-5H2,1H3. The molecule has 1 aliphatic heterocycles. The molecule has 3 heteroatoms. The van der Waals surface area contributed by atoms with Gasteiger partial charge in [-0.25, -0.2) is 0 Å². The highest BCUT2D eigenvalue weighted by Gasteiger charge is 2.18. The summed E-state index contributed by atoms with van der Waals surface area (Å²) in [5.74, 6) is 0. The number of rotatable bonds is 2. The van der Waals surface area contributed by atoms with Crippen molar-refractivity contribution in [3.05, 3.63) is 0 Å².